The number of anilines is 1. The van der Waals surface area contributed by atoms with Gasteiger partial charge in [-0.15, -0.1) is 0 Å². The third-order valence-electron chi connectivity index (χ3n) is 4.36. The number of aromatic nitrogens is 1. The smallest absolute Gasteiger partial charge is 0.222 e. The molecule has 25 heavy (non-hydrogen) atoms. The molecule has 2 rings (SSSR count). The van der Waals surface area contributed by atoms with E-state index in [0.717, 1.165) is 48.9 Å². The number of rotatable bonds is 10. The minimum atomic E-state index is 0.250. The number of hydrogen-bond donors (Lipinski definition) is 1. The molecule has 1 amide bonds. The molecule has 0 saturated carbocycles. The first-order chi connectivity index (χ1) is 12.1. The van der Waals surface area contributed by atoms with Gasteiger partial charge in [-0.1, -0.05) is 37.8 Å². The van der Waals surface area contributed by atoms with Gasteiger partial charge in [-0.2, -0.15) is 0 Å². The van der Waals surface area contributed by atoms with Crippen molar-refractivity contribution in [3.05, 3.63) is 35.5 Å². The van der Waals surface area contributed by atoms with Crippen molar-refractivity contribution < 1.29 is 4.79 Å². The summed E-state index contributed by atoms with van der Waals surface area (Å²) >= 11 is 6.02. The summed E-state index contributed by atoms with van der Waals surface area (Å²) in [5.41, 5.74) is 1.94. The highest BCUT2D eigenvalue weighted by Crippen LogP contribution is 2.24. The Morgan fingerprint density at radius 2 is 2.04 bits per heavy atom. The zero-order valence-corrected chi connectivity index (χ0v) is 16.0. The van der Waals surface area contributed by atoms with Gasteiger partial charge < -0.3 is 10.2 Å². The van der Waals surface area contributed by atoms with Crippen LogP contribution in [0.25, 0.3) is 10.9 Å². The van der Waals surface area contributed by atoms with Gasteiger partial charge in [0.15, 0.2) is 0 Å². The van der Waals surface area contributed by atoms with E-state index in [4.69, 9.17) is 11.6 Å². The normalized spacial score (nSPS) is 10.8. The zero-order chi connectivity index (χ0) is 18.1. The van der Waals surface area contributed by atoms with Crippen molar-refractivity contribution in [3.63, 3.8) is 0 Å². The van der Waals surface area contributed by atoms with Crippen molar-refractivity contribution in [2.24, 2.45) is 0 Å². The number of fused-ring (bicyclic) bond motifs is 1. The third kappa shape index (κ3) is 6.20. The van der Waals surface area contributed by atoms with Gasteiger partial charge in [-0.3, -0.25) is 9.78 Å². The molecule has 0 fully saturated rings. The lowest BCUT2D eigenvalue weighted by molar-refractivity contribution is -0.130. The van der Waals surface area contributed by atoms with Crippen LogP contribution in [0.15, 0.2) is 30.5 Å². The lowest BCUT2D eigenvalue weighted by Crippen LogP contribution is -2.28. The molecular formula is C20H28ClN3O. The van der Waals surface area contributed by atoms with Crippen LogP contribution in [0.5, 0.6) is 0 Å². The average molecular weight is 362 g/mol. The molecule has 136 valence electrons. The Hall–Kier alpha value is -1.81. The molecule has 0 aliphatic carbocycles. The molecule has 0 saturated heterocycles. The number of carbonyl (C=O) groups is 1. The zero-order valence-electron chi connectivity index (χ0n) is 15.2. The van der Waals surface area contributed by atoms with Gasteiger partial charge >= 0.3 is 0 Å². The van der Waals surface area contributed by atoms with E-state index in [1.54, 1.807) is 6.20 Å². The second-order valence-electron chi connectivity index (χ2n) is 6.43. The van der Waals surface area contributed by atoms with Crippen molar-refractivity contribution in [2.75, 3.05) is 25.5 Å². The molecule has 0 atom stereocenters. The van der Waals surface area contributed by atoms with Crippen molar-refractivity contribution in [1.29, 1.82) is 0 Å². The summed E-state index contributed by atoms with van der Waals surface area (Å²) < 4.78 is 0. The van der Waals surface area contributed by atoms with E-state index >= 15 is 0 Å². The molecule has 0 aliphatic heterocycles. The summed E-state index contributed by atoms with van der Waals surface area (Å²) in [6.07, 6.45) is 7.93. The van der Waals surface area contributed by atoms with E-state index in [-0.39, 0.29) is 5.91 Å². The fourth-order valence-corrected chi connectivity index (χ4v) is 3.00. The Morgan fingerprint density at radius 1 is 1.20 bits per heavy atom. The van der Waals surface area contributed by atoms with Crippen molar-refractivity contribution in [2.45, 2.75) is 45.4 Å². The number of hydrogen-bond acceptors (Lipinski definition) is 3. The van der Waals surface area contributed by atoms with Gasteiger partial charge in [0.1, 0.15) is 0 Å². The van der Waals surface area contributed by atoms with Crippen LogP contribution >= 0.6 is 11.6 Å². The Bertz CT molecular complexity index is 690. The number of amides is 1. The predicted molar refractivity (Wildman–Crippen MR) is 106 cm³/mol. The maximum atomic E-state index is 12.1. The molecule has 5 heteroatoms. The fraction of sp³-hybridized carbons (Fsp3) is 0.500. The topological polar surface area (TPSA) is 45.2 Å². The number of benzene rings is 1. The predicted octanol–water partition coefficient (Wildman–Crippen LogP) is 5.12. The minimum absolute atomic E-state index is 0.250. The third-order valence-corrected chi connectivity index (χ3v) is 4.60. The molecule has 0 aliphatic rings. The minimum Gasteiger partial charge on any atom is -0.384 e. The number of nitrogens with one attached hydrogen (secondary N) is 1. The van der Waals surface area contributed by atoms with E-state index in [1.807, 2.05) is 36.2 Å². The number of pyridine rings is 1. The van der Waals surface area contributed by atoms with Crippen molar-refractivity contribution >= 4 is 34.1 Å². The highest BCUT2D eigenvalue weighted by atomic mass is 35.5. The molecule has 0 bridgehead atoms. The SMILES string of the molecule is CCCCCCC(=O)N(C)CCCNc1ccnc2cc(Cl)ccc12. The number of halogens is 1. The molecule has 1 aromatic heterocycles. The Balaban J connectivity index is 1.75. The monoisotopic (exact) mass is 361 g/mol. The van der Waals surface area contributed by atoms with Crippen LogP contribution in [0.3, 0.4) is 0 Å². The van der Waals surface area contributed by atoms with Gasteiger partial charge in [0.25, 0.3) is 0 Å². The summed E-state index contributed by atoms with van der Waals surface area (Å²) in [5, 5.41) is 5.19. The van der Waals surface area contributed by atoms with Crippen LogP contribution < -0.4 is 5.32 Å². The van der Waals surface area contributed by atoms with E-state index in [9.17, 15) is 4.79 Å². The molecular weight excluding hydrogens is 334 g/mol. The molecule has 4 nitrogen and oxygen atoms in total. The number of unbranched alkanes of at least 4 members (excludes halogenated alkanes) is 3. The van der Waals surface area contributed by atoms with Gasteiger partial charge in [0.2, 0.25) is 5.91 Å². The average Bonchev–Trinajstić information content (AvgIpc) is 2.61. The summed E-state index contributed by atoms with van der Waals surface area (Å²) in [6.45, 7) is 3.77. The van der Waals surface area contributed by atoms with Crippen LogP contribution in [0.1, 0.15) is 45.4 Å². The first-order valence-electron chi connectivity index (χ1n) is 9.14. The largest absolute Gasteiger partial charge is 0.384 e. The highest BCUT2D eigenvalue weighted by molar-refractivity contribution is 6.31. The second kappa shape index (κ2) is 10.2. The van der Waals surface area contributed by atoms with Crippen molar-refractivity contribution in [3.8, 4) is 0 Å². The Labute approximate surface area is 155 Å². The maximum Gasteiger partial charge on any atom is 0.222 e. The summed E-state index contributed by atoms with van der Waals surface area (Å²) in [4.78, 5) is 18.3. The van der Waals surface area contributed by atoms with Crippen LogP contribution in [0.2, 0.25) is 5.02 Å². The van der Waals surface area contributed by atoms with Gasteiger partial charge in [0, 0.05) is 48.9 Å². The molecule has 1 N–H and O–H groups in total. The quantitative estimate of drug-likeness (QED) is 0.597. The maximum absolute atomic E-state index is 12.1. The first kappa shape index (κ1) is 19.5. The molecule has 0 unspecified atom stereocenters. The van der Waals surface area contributed by atoms with Crippen molar-refractivity contribution in [1.82, 2.24) is 9.88 Å². The van der Waals surface area contributed by atoms with Gasteiger partial charge in [-0.05, 0) is 37.1 Å². The fourth-order valence-electron chi connectivity index (χ4n) is 2.83. The lowest BCUT2D eigenvalue weighted by atomic mass is 10.1. The van der Waals surface area contributed by atoms with Crippen LogP contribution in [-0.4, -0.2) is 35.9 Å². The van der Waals surface area contributed by atoms with E-state index in [2.05, 4.69) is 17.2 Å². The molecule has 1 aromatic carbocycles. The van der Waals surface area contributed by atoms with E-state index in [1.165, 1.54) is 12.8 Å². The molecule has 0 radical (unpaired) electrons. The molecule has 1 heterocycles. The lowest BCUT2D eigenvalue weighted by Gasteiger charge is -2.17. The van der Waals surface area contributed by atoms with Crippen LogP contribution in [0.4, 0.5) is 5.69 Å². The highest BCUT2D eigenvalue weighted by Gasteiger charge is 2.08. The second-order valence-corrected chi connectivity index (χ2v) is 6.86. The van der Waals surface area contributed by atoms with Gasteiger partial charge in [-0.25, -0.2) is 0 Å². The molecule has 2 aromatic rings. The first-order valence-corrected chi connectivity index (χ1v) is 9.51. The number of nitrogens with zero attached hydrogens (tertiary/aromatic N) is 2. The Morgan fingerprint density at radius 3 is 2.84 bits per heavy atom. The van der Waals surface area contributed by atoms with E-state index in [0.29, 0.717) is 11.4 Å². The standard InChI is InChI=1S/C20H28ClN3O/c1-3-4-5-6-8-20(25)24(2)14-7-12-22-18-11-13-23-19-15-16(21)9-10-17(18)19/h9-11,13,15H,3-8,12,14H2,1-2H3,(H,22,23). The summed E-state index contributed by atoms with van der Waals surface area (Å²) in [6, 6.07) is 7.70. The Kier molecular flexibility index (Phi) is 7.99. The number of carbonyl (C=O) groups excluding carboxylic acids is 1. The molecule has 0 spiro atoms. The van der Waals surface area contributed by atoms with Crippen LogP contribution in [0, 0.1) is 0 Å². The summed E-state index contributed by atoms with van der Waals surface area (Å²) in [7, 11) is 1.89. The van der Waals surface area contributed by atoms with Crippen LogP contribution in [-0.2, 0) is 4.79 Å². The van der Waals surface area contributed by atoms with E-state index < -0.39 is 0 Å². The summed E-state index contributed by atoms with van der Waals surface area (Å²) in [5.74, 6) is 0.250. The van der Waals surface area contributed by atoms with Gasteiger partial charge in [0.05, 0.1) is 5.52 Å².